The molecule has 1 atom stereocenters. The average molecular weight is 125 g/mol. The maximum atomic E-state index is 10.8. The van der Waals surface area contributed by atoms with Crippen LogP contribution >= 0.6 is 0 Å². The third-order valence-electron chi connectivity index (χ3n) is 1.95. The highest BCUT2D eigenvalue weighted by Crippen LogP contribution is 2.19. The minimum absolute atomic E-state index is 0.0880. The van der Waals surface area contributed by atoms with Gasteiger partial charge in [-0.05, 0) is 26.3 Å². The quantitative estimate of drug-likeness (QED) is 0.515. The van der Waals surface area contributed by atoms with E-state index in [0.29, 0.717) is 0 Å². The lowest BCUT2D eigenvalue weighted by Crippen LogP contribution is -2.18. The highest BCUT2D eigenvalue weighted by molar-refractivity contribution is 5.86. The molecular weight excluding hydrogens is 114 g/mol. The van der Waals surface area contributed by atoms with E-state index < -0.39 is 0 Å². The van der Waals surface area contributed by atoms with Gasteiger partial charge in [0.15, 0.2) is 0 Å². The van der Waals surface area contributed by atoms with Crippen molar-refractivity contribution in [3.05, 3.63) is 11.3 Å². The fourth-order valence-electron chi connectivity index (χ4n) is 0.913. The normalized spacial score (nSPS) is 27.0. The van der Waals surface area contributed by atoms with Gasteiger partial charge in [-0.1, -0.05) is 0 Å². The summed E-state index contributed by atoms with van der Waals surface area (Å²) in [5, 5.41) is 2.76. The second-order valence-electron chi connectivity index (χ2n) is 2.52. The Hall–Kier alpha value is -0.790. The van der Waals surface area contributed by atoms with Crippen molar-refractivity contribution in [2.75, 3.05) is 0 Å². The summed E-state index contributed by atoms with van der Waals surface area (Å²) in [5.41, 5.74) is 2.19. The Morgan fingerprint density at radius 1 is 1.44 bits per heavy atom. The summed E-state index contributed by atoms with van der Waals surface area (Å²) < 4.78 is 0. The molecule has 1 aliphatic rings. The first-order chi connectivity index (χ1) is 4.13. The van der Waals surface area contributed by atoms with Crippen LogP contribution in [0.25, 0.3) is 0 Å². The first-order valence-electron chi connectivity index (χ1n) is 3.11. The first-order valence-corrected chi connectivity index (χ1v) is 3.11. The number of hydrogen-bond acceptors (Lipinski definition) is 1. The Labute approximate surface area is 54.9 Å². The lowest BCUT2D eigenvalue weighted by molar-refractivity contribution is -0.121. The van der Waals surface area contributed by atoms with Crippen LogP contribution in [-0.4, -0.2) is 5.91 Å². The van der Waals surface area contributed by atoms with E-state index in [-0.39, 0.29) is 11.8 Å². The van der Waals surface area contributed by atoms with Crippen molar-refractivity contribution < 1.29 is 4.79 Å². The van der Waals surface area contributed by atoms with Crippen LogP contribution in [0.4, 0.5) is 0 Å². The largest absolute Gasteiger partial charge is 0.330 e. The number of carbonyl (C=O) groups excluding carboxylic acids is 1. The topological polar surface area (TPSA) is 29.1 Å². The molecule has 50 valence electrons. The van der Waals surface area contributed by atoms with E-state index in [0.717, 1.165) is 5.70 Å². The van der Waals surface area contributed by atoms with Crippen LogP contribution in [0.5, 0.6) is 0 Å². The molecule has 2 heteroatoms. The molecule has 1 unspecified atom stereocenters. The van der Waals surface area contributed by atoms with Crippen molar-refractivity contribution in [2.24, 2.45) is 5.92 Å². The molecular formula is C7H11NO. The molecule has 0 spiro atoms. The van der Waals surface area contributed by atoms with Crippen molar-refractivity contribution in [3.8, 4) is 0 Å². The number of rotatable bonds is 0. The van der Waals surface area contributed by atoms with E-state index in [1.165, 1.54) is 5.57 Å². The van der Waals surface area contributed by atoms with E-state index in [9.17, 15) is 4.79 Å². The van der Waals surface area contributed by atoms with Gasteiger partial charge in [0.2, 0.25) is 5.91 Å². The highest BCUT2D eigenvalue weighted by atomic mass is 16.2. The Bertz CT molecular complexity index is 181. The maximum Gasteiger partial charge on any atom is 0.231 e. The molecule has 1 aliphatic heterocycles. The molecule has 0 aromatic heterocycles. The summed E-state index contributed by atoms with van der Waals surface area (Å²) in [5.74, 6) is 0.218. The summed E-state index contributed by atoms with van der Waals surface area (Å²) in [6, 6.07) is 0. The van der Waals surface area contributed by atoms with Gasteiger partial charge in [0.1, 0.15) is 0 Å². The molecule has 0 bridgehead atoms. The lowest BCUT2D eigenvalue weighted by atomic mass is 10.1. The molecule has 0 radical (unpaired) electrons. The molecule has 0 aliphatic carbocycles. The zero-order valence-corrected chi connectivity index (χ0v) is 5.99. The van der Waals surface area contributed by atoms with Crippen LogP contribution in [0.15, 0.2) is 11.3 Å². The average Bonchev–Trinajstić information content (AvgIpc) is 1.98. The number of carbonyl (C=O) groups is 1. The van der Waals surface area contributed by atoms with Gasteiger partial charge >= 0.3 is 0 Å². The number of allylic oxidation sites excluding steroid dienone is 1. The molecule has 1 rings (SSSR count). The summed E-state index contributed by atoms with van der Waals surface area (Å²) in [7, 11) is 0. The molecule has 1 heterocycles. The molecule has 2 nitrogen and oxygen atoms in total. The standard InChI is InChI=1S/C7H11NO/c1-4-5(2)7(9)8-6(4)3/h5H,1-3H3,(H,8,9). The number of hydrogen-bond donors (Lipinski definition) is 1. The van der Waals surface area contributed by atoms with Crippen LogP contribution in [0.3, 0.4) is 0 Å². The predicted octanol–water partition coefficient (Wildman–Crippen LogP) is 1.05. The van der Waals surface area contributed by atoms with Crippen molar-refractivity contribution >= 4 is 5.91 Å². The van der Waals surface area contributed by atoms with E-state index in [4.69, 9.17) is 0 Å². The van der Waals surface area contributed by atoms with Gasteiger partial charge in [0, 0.05) is 5.70 Å². The van der Waals surface area contributed by atoms with Gasteiger partial charge in [0.25, 0.3) is 0 Å². The van der Waals surface area contributed by atoms with Crippen LogP contribution in [0.2, 0.25) is 0 Å². The lowest BCUT2D eigenvalue weighted by Gasteiger charge is -1.96. The third-order valence-corrected chi connectivity index (χ3v) is 1.95. The molecule has 0 aromatic rings. The fourth-order valence-corrected chi connectivity index (χ4v) is 0.913. The third kappa shape index (κ3) is 0.846. The van der Waals surface area contributed by atoms with Crippen molar-refractivity contribution in [1.29, 1.82) is 0 Å². The molecule has 0 saturated heterocycles. The van der Waals surface area contributed by atoms with E-state index in [1.807, 2.05) is 20.8 Å². The Morgan fingerprint density at radius 2 is 2.00 bits per heavy atom. The van der Waals surface area contributed by atoms with Crippen LogP contribution < -0.4 is 5.32 Å². The van der Waals surface area contributed by atoms with Gasteiger partial charge in [-0.25, -0.2) is 0 Å². The Morgan fingerprint density at radius 3 is 2.11 bits per heavy atom. The van der Waals surface area contributed by atoms with Gasteiger partial charge in [-0.15, -0.1) is 0 Å². The molecule has 0 fully saturated rings. The molecule has 0 saturated carbocycles. The maximum absolute atomic E-state index is 10.8. The fraction of sp³-hybridized carbons (Fsp3) is 0.571. The van der Waals surface area contributed by atoms with Gasteiger partial charge in [-0.3, -0.25) is 4.79 Å². The Kier molecular flexibility index (Phi) is 1.31. The highest BCUT2D eigenvalue weighted by Gasteiger charge is 2.22. The van der Waals surface area contributed by atoms with Crippen LogP contribution in [-0.2, 0) is 4.79 Å². The SMILES string of the molecule is CC1=C(C)C(C)C(=O)N1. The predicted molar refractivity (Wildman–Crippen MR) is 35.7 cm³/mol. The van der Waals surface area contributed by atoms with E-state index in [1.54, 1.807) is 0 Å². The zero-order chi connectivity index (χ0) is 7.02. The number of nitrogens with one attached hydrogen (secondary N) is 1. The Balaban J connectivity index is 2.87. The van der Waals surface area contributed by atoms with Crippen molar-refractivity contribution in [2.45, 2.75) is 20.8 Å². The van der Waals surface area contributed by atoms with Crippen LogP contribution in [0, 0.1) is 5.92 Å². The van der Waals surface area contributed by atoms with Gasteiger partial charge in [-0.2, -0.15) is 0 Å². The summed E-state index contributed by atoms with van der Waals surface area (Å²) in [6.45, 7) is 5.83. The number of amides is 1. The second-order valence-corrected chi connectivity index (χ2v) is 2.52. The van der Waals surface area contributed by atoms with Gasteiger partial charge < -0.3 is 5.32 Å². The van der Waals surface area contributed by atoms with Crippen molar-refractivity contribution in [1.82, 2.24) is 5.32 Å². The first kappa shape index (κ1) is 6.33. The van der Waals surface area contributed by atoms with Crippen molar-refractivity contribution in [3.63, 3.8) is 0 Å². The minimum atomic E-state index is 0.0880. The molecule has 9 heavy (non-hydrogen) atoms. The summed E-state index contributed by atoms with van der Waals surface area (Å²) in [6.07, 6.45) is 0. The summed E-state index contributed by atoms with van der Waals surface area (Å²) in [4.78, 5) is 10.8. The molecule has 1 amide bonds. The molecule has 1 N–H and O–H groups in total. The smallest absolute Gasteiger partial charge is 0.231 e. The van der Waals surface area contributed by atoms with Crippen LogP contribution in [0.1, 0.15) is 20.8 Å². The zero-order valence-electron chi connectivity index (χ0n) is 5.99. The molecule has 0 aromatic carbocycles. The minimum Gasteiger partial charge on any atom is -0.330 e. The second kappa shape index (κ2) is 1.87. The monoisotopic (exact) mass is 125 g/mol. The summed E-state index contributed by atoms with van der Waals surface area (Å²) >= 11 is 0. The van der Waals surface area contributed by atoms with Gasteiger partial charge in [0.05, 0.1) is 5.92 Å². The van der Waals surface area contributed by atoms with E-state index >= 15 is 0 Å². The van der Waals surface area contributed by atoms with E-state index in [2.05, 4.69) is 5.32 Å².